The van der Waals surface area contributed by atoms with E-state index in [1.807, 2.05) is 74.6 Å². The number of fused-ring (bicyclic) bond motifs is 1. The molecule has 2 fully saturated rings. The predicted octanol–water partition coefficient (Wildman–Crippen LogP) is 3.92. The molecule has 2 aliphatic heterocycles. The van der Waals surface area contributed by atoms with Gasteiger partial charge in [-0.1, -0.05) is 48.5 Å². The van der Waals surface area contributed by atoms with Crippen molar-refractivity contribution in [2.45, 2.75) is 38.6 Å². The average molecular weight is 585 g/mol. The lowest BCUT2D eigenvalue weighted by molar-refractivity contribution is -0.141. The minimum Gasteiger partial charge on any atom is -0.480 e. The van der Waals surface area contributed by atoms with Crippen LogP contribution in [0.25, 0.3) is 22.3 Å². The van der Waals surface area contributed by atoms with Crippen molar-refractivity contribution in [1.29, 1.82) is 0 Å². The van der Waals surface area contributed by atoms with Gasteiger partial charge in [0.1, 0.15) is 24.3 Å². The number of aliphatic carboxylic acids is 1. The van der Waals surface area contributed by atoms with Crippen molar-refractivity contribution in [3.8, 4) is 11.3 Å². The molecule has 4 aromatic rings. The molecular formula is C32H36N6O5. The molecule has 2 aromatic carbocycles. The number of aromatic nitrogens is 3. The molecule has 11 nitrogen and oxygen atoms in total. The molecule has 0 saturated carbocycles. The Kier molecular flexibility index (Phi) is 8.00. The molecule has 0 aliphatic carbocycles. The maximum Gasteiger partial charge on any atom is 0.410 e. The van der Waals surface area contributed by atoms with Gasteiger partial charge < -0.3 is 29.8 Å². The van der Waals surface area contributed by atoms with Gasteiger partial charge in [0.25, 0.3) is 0 Å². The Hall–Kier alpha value is -4.48. The van der Waals surface area contributed by atoms with Crippen LogP contribution in [0.1, 0.15) is 17.8 Å². The largest absolute Gasteiger partial charge is 0.480 e. The number of imidazole rings is 1. The van der Waals surface area contributed by atoms with Crippen molar-refractivity contribution < 1.29 is 24.2 Å². The first kappa shape index (κ1) is 28.6. The Bertz CT molecular complexity index is 1620. The van der Waals surface area contributed by atoms with E-state index < -0.39 is 18.1 Å². The number of benzene rings is 2. The van der Waals surface area contributed by atoms with E-state index in [4.69, 9.17) is 19.4 Å². The maximum absolute atomic E-state index is 12.9. The van der Waals surface area contributed by atoms with Crippen molar-refractivity contribution in [2.75, 3.05) is 38.7 Å². The number of hydrogen-bond donors (Lipinski definition) is 3. The summed E-state index contributed by atoms with van der Waals surface area (Å²) in [6.07, 6.45) is -0.413. The number of carboxylic acid groups (broad SMARTS) is 1. The number of likely N-dealkylation sites (tertiary alicyclic amines) is 1. The van der Waals surface area contributed by atoms with Crippen LogP contribution < -0.4 is 10.6 Å². The second kappa shape index (κ2) is 12.0. The van der Waals surface area contributed by atoms with Crippen LogP contribution >= 0.6 is 0 Å². The Balaban J connectivity index is 1.21. The van der Waals surface area contributed by atoms with Crippen LogP contribution in [0.4, 0.5) is 10.6 Å². The Morgan fingerprint density at radius 3 is 2.58 bits per heavy atom. The lowest BCUT2D eigenvalue weighted by Crippen LogP contribution is -2.51. The second-order valence-corrected chi connectivity index (χ2v) is 11.5. The highest BCUT2D eigenvalue weighted by Gasteiger charge is 2.41. The molecular weight excluding hydrogens is 548 g/mol. The monoisotopic (exact) mass is 584 g/mol. The van der Waals surface area contributed by atoms with Gasteiger partial charge in [-0.2, -0.15) is 0 Å². The normalized spacial score (nSPS) is 19.3. The number of carbonyl (C=O) groups is 2. The second-order valence-electron chi connectivity index (χ2n) is 11.5. The third kappa shape index (κ3) is 5.91. The lowest BCUT2D eigenvalue weighted by atomic mass is 9.85. The van der Waals surface area contributed by atoms with Crippen molar-refractivity contribution in [3.63, 3.8) is 0 Å². The number of hydrogen-bond acceptors (Lipinski definition) is 8. The lowest BCUT2D eigenvalue weighted by Gasteiger charge is -2.42. The molecule has 2 saturated heterocycles. The predicted molar refractivity (Wildman–Crippen MR) is 162 cm³/mol. The van der Waals surface area contributed by atoms with Crippen LogP contribution in [-0.4, -0.2) is 82.0 Å². The van der Waals surface area contributed by atoms with E-state index in [-0.39, 0.29) is 31.0 Å². The van der Waals surface area contributed by atoms with Crippen molar-refractivity contribution in [3.05, 3.63) is 78.1 Å². The summed E-state index contributed by atoms with van der Waals surface area (Å²) in [5, 5.41) is 16.5. The highest BCUT2D eigenvalue weighted by atomic mass is 16.6. The van der Waals surface area contributed by atoms with Crippen molar-refractivity contribution in [1.82, 2.24) is 24.8 Å². The van der Waals surface area contributed by atoms with Gasteiger partial charge in [0, 0.05) is 43.1 Å². The molecule has 11 heteroatoms. The highest BCUT2D eigenvalue weighted by Crippen LogP contribution is 2.35. The molecule has 3 N–H and O–H groups in total. The first-order valence-electron chi connectivity index (χ1n) is 14.5. The molecule has 0 spiro atoms. The molecule has 1 amide bonds. The molecule has 2 aliphatic rings. The number of amides is 1. The molecule has 4 heterocycles. The van der Waals surface area contributed by atoms with Crippen LogP contribution in [0, 0.1) is 12.3 Å². The van der Waals surface area contributed by atoms with Gasteiger partial charge in [-0.05, 0) is 37.7 Å². The Morgan fingerprint density at radius 1 is 1.07 bits per heavy atom. The van der Waals surface area contributed by atoms with Gasteiger partial charge in [0.05, 0.1) is 29.9 Å². The van der Waals surface area contributed by atoms with E-state index in [0.717, 1.165) is 46.8 Å². The topological polar surface area (TPSA) is 131 Å². The number of nitrogens with one attached hydrogen (secondary N) is 2. The van der Waals surface area contributed by atoms with Crippen LogP contribution in [-0.2, 0) is 27.4 Å². The fourth-order valence-corrected chi connectivity index (χ4v) is 6.11. The van der Waals surface area contributed by atoms with Crippen LogP contribution in [0.15, 0.2) is 66.7 Å². The van der Waals surface area contributed by atoms with E-state index in [1.165, 1.54) is 4.90 Å². The van der Waals surface area contributed by atoms with Crippen LogP contribution in [0.5, 0.6) is 0 Å². The summed E-state index contributed by atoms with van der Waals surface area (Å²) in [4.78, 5) is 36.0. The summed E-state index contributed by atoms with van der Waals surface area (Å²) >= 11 is 0. The first-order chi connectivity index (χ1) is 20.9. The number of para-hydroxylation sites is 1. The Morgan fingerprint density at radius 2 is 1.86 bits per heavy atom. The number of rotatable bonds is 10. The average Bonchev–Trinajstić information content (AvgIpc) is 3.56. The van der Waals surface area contributed by atoms with Crippen LogP contribution in [0.3, 0.4) is 0 Å². The van der Waals surface area contributed by atoms with Gasteiger partial charge in [-0.15, -0.1) is 0 Å². The number of aryl methyl sites for hydroxylation is 1. The van der Waals surface area contributed by atoms with Gasteiger partial charge in [-0.3, -0.25) is 4.90 Å². The summed E-state index contributed by atoms with van der Waals surface area (Å²) in [6.45, 7) is 5.31. The molecule has 2 aromatic heterocycles. The number of pyridine rings is 1. The van der Waals surface area contributed by atoms with E-state index in [1.54, 1.807) is 0 Å². The zero-order valence-corrected chi connectivity index (χ0v) is 24.3. The smallest absolute Gasteiger partial charge is 0.410 e. The van der Waals surface area contributed by atoms with Gasteiger partial charge in [-0.25, -0.2) is 19.6 Å². The third-order valence-electron chi connectivity index (χ3n) is 8.22. The summed E-state index contributed by atoms with van der Waals surface area (Å²) in [7, 11) is 1.96. The van der Waals surface area contributed by atoms with Crippen molar-refractivity contribution >= 4 is 28.9 Å². The summed E-state index contributed by atoms with van der Waals surface area (Å²) < 4.78 is 13.3. The van der Waals surface area contributed by atoms with Gasteiger partial charge in [0.15, 0.2) is 0 Å². The third-order valence-corrected chi connectivity index (χ3v) is 8.22. The zero-order chi connectivity index (χ0) is 30.0. The molecule has 0 bridgehead atoms. The fraction of sp³-hybridized carbons (Fsp3) is 0.375. The summed E-state index contributed by atoms with van der Waals surface area (Å²) in [5.41, 5.74) is 4.50. The summed E-state index contributed by atoms with van der Waals surface area (Å²) in [5.74, 6) is 0.472. The summed E-state index contributed by atoms with van der Waals surface area (Å²) in [6, 6.07) is 19.8. The Labute approximate surface area is 249 Å². The minimum absolute atomic E-state index is 0.00829. The number of carboxylic acids is 1. The molecule has 43 heavy (non-hydrogen) atoms. The number of ether oxygens (including phenoxy) is 2. The highest BCUT2D eigenvalue weighted by molar-refractivity contribution is 5.92. The quantitative estimate of drug-likeness (QED) is 0.254. The standard InChI is InChI=1S/C32H36N6O5/c1-21-34-26-12-6-10-24(29(26)38(21)18-32(17-33-2)19-42-20-32)25-11-7-13-28(36-25)35-23-14-27(30(39)40)37(15-23)31(41)43-16-22-8-4-3-5-9-22/h3-13,23,27,33H,14-20H2,1-2H3,(H,35,36)(H,39,40)/t23-,27-/m0/s1. The molecule has 0 unspecified atom stereocenters. The fourth-order valence-electron chi connectivity index (χ4n) is 6.11. The SMILES string of the molecule is CNCC1(Cn2c(C)nc3cccc(-c4cccc(N[C@H]5C[C@@H](C(=O)O)N(C(=O)OCc6ccccc6)C5)n4)c32)COC1. The minimum atomic E-state index is -1.06. The molecule has 0 radical (unpaired) electrons. The number of anilines is 1. The van der Waals surface area contributed by atoms with E-state index >= 15 is 0 Å². The van der Waals surface area contributed by atoms with Gasteiger partial charge >= 0.3 is 12.1 Å². The van der Waals surface area contributed by atoms with Crippen LogP contribution in [0.2, 0.25) is 0 Å². The molecule has 224 valence electrons. The van der Waals surface area contributed by atoms with E-state index in [0.29, 0.717) is 19.0 Å². The molecule has 2 atom stereocenters. The zero-order valence-electron chi connectivity index (χ0n) is 24.3. The van der Waals surface area contributed by atoms with Gasteiger partial charge in [0.2, 0.25) is 0 Å². The molecule has 6 rings (SSSR count). The van der Waals surface area contributed by atoms with E-state index in [9.17, 15) is 14.7 Å². The van der Waals surface area contributed by atoms with Crippen molar-refractivity contribution in [2.24, 2.45) is 5.41 Å². The van der Waals surface area contributed by atoms with E-state index in [2.05, 4.69) is 21.3 Å². The number of nitrogens with zero attached hydrogens (tertiary/aromatic N) is 4. The number of carbonyl (C=O) groups excluding carboxylic acids is 1. The maximum atomic E-state index is 12.9. The first-order valence-corrected chi connectivity index (χ1v) is 14.5.